The first kappa shape index (κ1) is 28.0. The molecule has 2 nitrogen and oxygen atoms in total. The first-order valence-electron chi connectivity index (χ1n) is 16.6. The summed E-state index contributed by atoms with van der Waals surface area (Å²) in [5, 5.41) is 7.52. The second-order valence-electron chi connectivity index (χ2n) is 12.6. The highest BCUT2D eigenvalue weighted by molar-refractivity contribution is 7.99. The first-order chi connectivity index (χ1) is 24.2. The van der Waals surface area contributed by atoms with Crippen LogP contribution in [-0.2, 0) is 0 Å². The molecule has 3 heterocycles. The number of rotatable bonds is 4. The molecule has 0 N–H and O–H groups in total. The highest BCUT2D eigenvalue weighted by Gasteiger charge is 2.16. The minimum atomic E-state index is 1.15. The zero-order valence-electron chi connectivity index (χ0n) is 26.7. The van der Waals surface area contributed by atoms with E-state index in [0.29, 0.717) is 0 Å². The quantitative estimate of drug-likeness (QED) is 0.186. The van der Waals surface area contributed by atoms with Crippen molar-refractivity contribution in [2.45, 2.75) is 9.79 Å². The summed E-state index contributed by atoms with van der Waals surface area (Å²) in [7, 11) is 0. The summed E-state index contributed by atoms with van der Waals surface area (Å²) in [6.07, 6.45) is 6.28. The smallest absolute Gasteiger partial charge is 0.0541 e. The van der Waals surface area contributed by atoms with Gasteiger partial charge in [0, 0.05) is 42.7 Å². The van der Waals surface area contributed by atoms with Gasteiger partial charge in [0.15, 0.2) is 0 Å². The van der Waals surface area contributed by atoms with Gasteiger partial charge in [0.1, 0.15) is 0 Å². The predicted octanol–water partition coefficient (Wildman–Crippen LogP) is 10.8. The number of hydrogen-bond donors (Lipinski definition) is 0. The topological polar surface area (TPSA) is 9.86 Å². The summed E-state index contributed by atoms with van der Waals surface area (Å²) in [5.74, 6) is 0. The Morgan fingerprint density at radius 1 is 0.469 bits per heavy atom. The third-order valence-corrected chi connectivity index (χ3v) is 11.0. The van der Waals surface area contributed by atoms with Gasteiger partial charge in [-0.3, -0.25) is 0 Å². The van der Waals surface area contributed by atoms with Crippen LogP contribution in [0.4, 0.5) is 0 Å². The van der Waals surface area contributed by atoms with Gasteiger partial charge in [-0.1, -0.05) is 109 Å². The number of fused-ring (bicyclic) bond motifs is 8. The Hall–Kier alpha value is -6.03. The fourth-order valence-electron chi connectivity index (χ4n) is 7.67. The van der Waals surface area contributed by atoms with E-state index < -0.39 is 0 Å². The SMILES string of the molecule is C=C/C=c1/cccc2c1=Cc1cc(-c3ccc4c(c3)c3ccccc3n4-c3ccc(-n4c5ccccc5c5ccccc54)cc3)ccc1S2. The molecule has 0 unspecified atom stereocenters. The largest absolute Gasteiger partial charge is 0.309 e. The van der Waals surface area contributed by atoms with Crippen molar-refractivity contribution < 1.29 is 0 Å². The van der Waals surface area contributed by atoms with Gasteiger partial charge in [0.2, 0.25) is 0 Å². The fraction of sp³-hybridized carbons (Fsp3) is 0. The molecule has 10 rings (SSSR count). The van der Waals surface area contributed by atoms with Crippen LogP contribution >= 0.6 is 11.8 Å². The molecule has 0 atom stereocenters. The van der Waals surface area contributed by atoms with Gasteiger partial charge in [-0.15, -0.1) is 0 Å². The molecule has 3 heteroatoms. The van der Waals surface area contributed by atoms with Gasteiger partial charge >= 0.3 is 0 Å². The number of para-hydroxylation sites is 3. The van der Waals surface area contributed by atoms with E-state index in [-0.39, 0.29) is 0 Å². The van der Waals surface area contributed by atoms with Crippen molar-refractivity contribution in [3.8, 4) is 22.5 Å². The Labute approximate surface area is 288 Å². The summed E-state index contributed by atoms with van der Waals surface area (Å²) < 4.78 is 4.77. The van der Waals surface area contributed by atoms with Crippen LogP contribution in [-0.4, -0.2) is 9.13 Å². The van der Waals surface area contributed by atoms with Gasteiger partial charge in [-0.2, -0.15) is 0 Å². The number of benzene rings is 7. The molecular formula is C46H30N2S. The van der Waals surface area contributed by atoms with Crippen LogP contribution < -0.4 is 10.4 Å². The van der Waals surface area contributed by atoms with E-state index in [1.807, 2.05) is 17.8 Å². The number of aromatic nitrogens is 2. The van der Waals surface area contributed by atoms with Gasteiger partial charge in [-0.05, 0) is 106 Å². The maximum Gasteiger partial charge on any atom is 0.0541 e. The third-order valence-electron chi connectivity index (χ3n) is 9.88. The first-order valence-corrected chi connectivity index (χ1v) is 17.4. The molecule has 1 aliphatic heterocycles. The van der Waals surface area contributed by atoms with Crippen LogP contribution in [0.1, 0.15) is 5.56 Å². The number of hydrogen-bond acceptors (Lipinski definition) is 1. The number of allylic oxidation sites excluding steroid dienone is 1. The zero-order chi connectivity index (χ0) is 32.5. The molecule has 0 saturated heterocycles. The van der Waals surface area contributed by atoms with Crippen molar-refractivity contribution in [3.63, 3.8) is 0 Å². The number of nitrogens with zero attached hydrogens (tertiary/aromatic N) is 2. The van der Waals surface area contributed by atoms with Crippen LogP contribution in [0.2, 0.25) is 0 Å². The van der Waals surface area contributed by atoms with Crippen LogP contribution in [0.25, 0.3) is 78.3 Å². The maximum absolute atomic E-state index is 3.93. The van der Waals surface area contributed by atoms with Gasteiger partial charge < -0.3 is 9.13 Å². The van der Waals surface area contributed by atoms with Crippen LogP contribution in [0, 0.1) is 0 Å². The lowest BCUT2D eigenvalue weighted by Gasteiger charge is -2.15. The van der Waals surface area contributed by atoms with Crippen molar-refractivity contribution in [2.24, 2.45) is 0 Å². The lowest BCUT2D eigenvalue weighted by Crippen LogP contribution is -2.27. The van der Waals surface area contributed by atoms with E-state index >= 15 is 0 Å². The summed E-state index contributed by atoms with van der Waals surface area (Å²) in [6, 6.07) is 55.4. The van der Waals surface area contributed by atoms with Crippen LogP contribution in [0.15, 0.2) is 174 Å². The van der Waals surface area contributed by atoms with E-state index in [1.165, 1.54) is 80.5 Å². The van der Waals surface area contributed by atoms with E-state index in [4.69, 9.17) is 0 Å². The van der Waals surface area contributed by atoms with Gasteiger partial charge in [0.05, 0.1) is 22.1 Å². The molecule has 7 aromatic carbocycles. The predicted molar refractivity (Wildman–Crippen MR) is 209 cm³/mol. The summed E-state index contributed by atoms with van der Waals surface area (Å²) in [5.41, 5.74) is 10.8. The monoisotopic (exact) mass is 642 g/mol. The van der Waals surface area contributed by atoms with E-state index in [1.54, 1.807) is 0 Å². The summed E-state index contributed by atoms with van der Waals surface area (Å²) >= 11 is 1.84. The molecule has 0 amide bonds. The molecule has 0 aliphatic carbocycles. The molecule has 1 aliphatic rings. The van der Waals surface area contributed by atoms with Gasteiger partial charge in [-0.25, -0.2) is 0 Å². The molecule has 49 heavy (non-hydrogen) atoms. The second-order valence-corrected chi connectivity index (χ2v) is 13.7. The molecule has 2 aromatic heterocycles. The molecule has 0 spiro atoms. The fourth-order valence-corrected chi connectivity index (χ4v) is 8.71. The van der Waals surface area contributed by atoms with Crippen molar-refractivity contribution >= 4 is 67.5 Å². The van der Waals surface area contributed by atoms with Crippen molar-refractivity contribution in [2.75, 3.05) is 0 Å². The van der Waals surface area contributed by atoms with Crippen LogP contribution in [0.5, 0.6) is 0 Å². The lowest BCUT2D eigenvalue weighted by molar-refractivity contribution is 1.14. The maximum atomic E-state index is 3.93. The average Bonchev–Trinajstić information content (AvgIpc) is 3.67. The standard InChI is InChI=1S/C46H30N2S/c1-2-10-30-11-9-18-46-39(30)29-33-27-31(20-26-45(33)49-46)32-19-25-44-40(28-32)38-14-5-8-17-43(38)48(44)35-23-21-34(22-24-35)47-41-15-6-3-12-36(41)37-13-4-7-16-42(37)47/h2-29H,1H2/b30-10-. The summed E-state index contributed by atoms with van der Waals surface area (Å²) in [6.45, 7) is 3.93. The molecule has 0 fully saturated rings. The highest BCUT2D eigenvalue weighted by atomic mass is 32.2. The minimum absolute atomic E-state index is 1.15. The lowest BCUT2D eigenvalue weighted by atomic mass is 10.00. The normalized spacial score (nSPS) is 12.8. The average molecular weight is 643 g/mol. The summed E-state index contributed by atoms with van der Waals surface area (Å²) in [4.78, 5) is 2.57. The molecular weight excluding hydrogens is 613 g/mol. The Balaban J connectivity index is 1.09. The third kappa shape index (κ3) is 4.36. The Bertz CT molecular complexity index is 2870. The van der Waals surface area contributed by atoms with E-state index in [2.05, 4.69) is 180 Å². The Kier molecular flexibility index (Phi) is 6.30. The highest BCUT2D eigenvalue weighted by Crippen LogP contribution is 2.38. The Morgan fingerprint density at radius 2 is 1.02 bits per heavy atom. The van der Waals surface area contributed by atoms with Crippen molar-refractivity contribution in [3.05, 3.63) is 180 Å². The molecule has 0 radical (unpaired) electrons. The molecule has 230 valence electrons. The molecule has 0 bridgehead atoms. The zero-order valence-corrected chi connectivity index (χ0v) is 27.5. The second kappa shape index (κ2) is 11.0. The Morgan fingerprint density at radius 3 is 1.65 bits per heavy atom. The minimum Gasteiger partial charge on any atom is -0.309 e. The van der Waals surface area contributed by atoms with E-state index in [9.17, 15) is 0 Å². The molecule has 9 aromatic rings. The van der Waals surface area contributed by atoms with Gasteiger partial charge in [0.25, 0.3) is 0 Å². The molecule has 0 saturated carbocycles. The van der Waals surface area contributed by atoms with E-state index in [0.717, 1.165) is 11.4 Å². The van der Waals surface area contributed by atoms with Crippen LogP contribution in [0.3, 0.4) is 0 Å². The van der Waals surface area contributed by atoms with Crippen molar-refractivity contribution in [1.82, 2.24) is 9.13 Å². The van der Waals surface area contributed by atoms with Crippen molar-refractivity contribution in [1.29, 1.82) is 0 Å².